The summed E-state index contributed by atoms with van der Waals surface area (Å²) in [4.78, 5) is 21.0. The number of rotatable bonds is 6. The highest BCUT2D eigenvalue weighted by atomic mass is 32.2. The maximum Gasteiger partial charge on any atom is 0.263 e. The summed E-state index contributed by atoms with van der Waals surface area (Å²) in [6.45, 7) is 0.172. The summed E-state index contributed by atoms with van der Waals surface area (Å²) >= 11 is 0. The largest absolute Gasteiger partial charge is 0.493 e. The maximum absolute atomic E-state index is 13.1. The van der Waals surface area contributed by atoms with Crippen LogP contribution in [0.15, 0.2) is 69.1 Å². The van der Waals surface area contributed by atoms with E-state index in [1.807, 2.05) is 0 Å². The first-order valence-electron chi connectivity index (χ1n) is 9.94. The number of hydrogen-bond acceptors (Lipinski definition) is 7. The number of hydrogen-bond donors (Lipinski definition) is 1. The number of carbonyl (C=O) groups is 1. The summed E-state index contributed by atoms with van der Waals surface area (Å²) in [6, 6.07) is 9.52. The average molecular weight is 472 g/mol. The molecule has 11 heteroatoms. The van der Waals surface area contributed by atoms with E-state index in [-0.39, 0.29) is 17.0 Å². The highest BCUT2D eigenvalue weighted by molar-refractivity contribution is 7.89. The molecule has 0 aliphatic carbocycles. The van der Waals surface area contributed by atoms with Gasteiger partial charge in [0.1, 0.15) is 5.82 Å². The molecule has 0 fully saturated rings. The highest BCUT2D eigenvalue weighted by Crippen LogP contribution is 2.31. The average Bonchev–Trinajstić information content (AvgIpc) is 2.83. The Balaban J connectivity index is 1.51. The highest BCUT2D eigenvalue weighted by Gasteiger charge is 2.29. The number of sulfonamides is 1. The zero-order chi connectivity index (χ0) is 23.6. The number of allylic oxidation sites excluding steroid dienone is 1. The van der Waals surface area contributed by atoms with Crippen molar-refractivity contribution in [1.82, 2.24) is 9.62 Å². The summed E-state index contributed by atoms with van der Waals surface area (Å²) in [5.74, 6) is -0.144. The normalized spacial score (nSPS) is 17.5. The van der Waals surface area contributed by atoms with Gasteiger partial charge in [-0.1, -0.05) is 0 Å². The Bertz CT molecular complexity index is 1270. The molecule has 0 saturated carbocycles. The molecule has 0 radical (unpaired) electrons. The molecule has 2 aromatic carbocycles. The van der Waals surface area contributed by atoms with Crippen LogP contribution in [0.1, 0.15) is 16.8 Å². The van der Waals surface area contributed by atoms with E-state index < -0.39 is 28.0 Å². The number of benzene rings is 2. The second kappa shape index (κ2) is 9.02. The number of ether oxygens (including phenoxy) is 2. The molecule has 9 nitrogen and oxygen atoms in total. The van der Waals surface area contributed by atoms with Crippen molar-refractivity contribution >= 4 is 27.9 Å². The van der Waals surface area contributed by atoms with Crippen molar-refractivity contribution in [2.75, 3.05) is 20.8 Å². The Morgan fingerprint density at radius 3 is 2.55 bits per heavy atom. The third-order valence-corrected chi connectivity index (χ3v) is 6.90. The lowest BCUT2D eigenvalue weighted by Crippen LogP contribution is -2.38. The lowest BCUT2D eigenvalue weighted by molar-refractivity contribution is 0.0940. The van der Waals surface area contributed by atoms with Crippen LogP contribution >= 0.6 is 0 Å². The summed E-state index contributed by atoms with van der Waals surface area (Å²) in [5.41, 5.74) is 1.45. The van der Waals surface area contributed by atoms with Crippen molar-refractivity contribution in [3.8, 4) is 11.5 Å². The molecule has 1 atom stereocenters. The van der Waals surface area contributed by atoms with Gasteiger partial charge in [-0.3, -0.25) is 9.10 Å². The quantitative estimate of drug-likeness (QED) is 0.694. The fourth-order valence-corrected chi connectivity index (χ4v) is 4.76. The van der Waals surface area contributed by atoms with Gasteiger partial charge in [-0.15, -0.1) is 0 Å². The fourth-order valence-electron chi connectivity index (χ4n) is 3.41. The third kappa shape index (κ3) is 4.58. The molecule has 172 valence electrons. The molecule has 0 saturated heterocycles. The van der Waals surface area contributed by atoms with Crippen LogP contribution in [-0.4, -0.2) is 57.6 Å². The van der Waals surface area contributed by atoms with Gasteiger partial charge in [0.05, 0.1) is 24.8 Å². The van der Waals surface area contributed by atoms with Crippen LogP contribution in [0.25, 0.3) is 0 Å². The molecular weight excluding hydrogens is 451 g/mol. The minimum atomic E-state index is -3.84. The summed E-state index contributed by atoms with van der Waals surface area (Å²) < 4.78 is 50.9. The van der Waals surface area contributed by atoms with E-state index in [0.717, 1.165) is 0 Å². The van der Waals surface area contributed by atoms with Gasteiger partial charge >= 0.3 is 0 Å². The molecule has 2 aromatic rings. The maximum atomic E-state index is 13.1. The minimum absolute atomic E-state index is 0.0644. The van der Waals surface area contributed by atoms with Gasteiger partial charge in [0.2, 0.25) is 6.29 Å². The van der Waals surface area contributed by atoms with Crippen molar-refractivity contribution in [1.29, 1.82) is 0 Å². The summed E-state index contributed by atoms with van der Waals surface area (Å²) in [7, 11) is -0.932. The zero-order valence-electron chi connectivity index (χ0n) is 17.9. The van der Waals surface area contributed by atoms with Crippen LogP contribution in [0.2, 0.25) is 0 Å². The molecule has 33 heavy (non-hydrogen) atoms. The summed E-state index contributed by atoms with van der Waals surface area (Å²) in [6.07, 6.45) is 2.45. The molecule has 0 aromatic heterocycles. The van der Waals surface area contributed by atoms with Gasteiger partial charge in [-0.2, -0.15) is 0 Å². The minimum Gasteiger partial charge on any atom is -0.493 e. The third-order valence-electron chi connectivity index (χ3n) is 5.15. The second-order valence-electron chi connectivity index (χ2n) is 7.17. The number of methoxy groups -OCH3 is 2. The molecule has 1 N–H and O–H groups in total. The number of halogens is 1. The lowest BCUT2D eigenvalue weighted by Gasteiger charge is -2.28. The van der Waals surface area contributed by atoms with E-state index in [1.54, 1.807) is 0 Å². The van der Waals surface area contributed by atoms with Crippen molar-refractivity contribution in [3.05, 3.63) is 65.6 Å². The molecule has 0 spiro atoms. The standard InChI is InChI=1S/C22H21FN4O5S/c1-31-19-8-7-17(11-20(19)32-2)33(29,30)27-10-9-18-15(13-27)12-24-22(25-18)26-21(28)14-3-5-16(23)6-4-14/h3-8,11-13,22H,9-10H2,1-2H3,(H,26,28). The molecular formula is C22H21FN4O5S. The van der Waals surface area contributed by atoms with E-state index in [0.29, 0.717) is 29.2 Å². The van der Waals surface area contributed by atoms with Gasteiger partial charge in [0.25, 0.3) is 15.9 Å². The van der Waals surface area contributed by atoms with E-state index in [9.17, 15) is 17.6 Å². The number of aliphatic imine (C=N–C) groups is 2. The molecule has 2 heterocycles. The van der Waals surface area contributed by atoms with Crippen molar-refractivity contribution in [3.63, 3.8) is 0 Å². The van der Waals surface area contributed by atoms with Crippen molar-refractivity contribution in [2.24, 2.45) is 9.98 Å². The number of amides is 1. The van der Waals surface area contributed by atoms with Crippen LogP contribution in [0, 0.1) is 5.82 Å². The molecule has 1 amide bonds. The van der Waals surface area contributed by atoms with Crippen LogP contribution in [0.3, 0.4) is 0 Å². The first kappa shape index (κ1) is 22.5. The summed E-state index contributed by atoms with van der Waals surface area (Å²) in [5, 5.41) is 2.65. The topological polar surface area (TPSA) is 110 Å². The van der Waals surface area contributed by atoms with Gasteiger partial charge < -0.3 is 14.8 Å². The van der Waals surface area contributed by atoms with Crippen LogP contribution in [-0.2, 0) is 10.0 Å². The number of nitrogens with one attached hydrogen (secondary N) is 1. The van der Waals surface area contributed by atoms with Gasteiger partial charge in [-0.25, -0.2) is 22.8 Å². The Kier molecular flexibility index (Phi) is 6.14. The Morgan fingerprint density at radius 1 is 1.12 bits per heavy atom. The number of nitrogens with zero attached hydrogens (tertiary/aromatic N) is 3. The van der Waals surface area contributed by atoms with E-state index >= 15 is 0 Å². The predicted molar refractivity (Wildman–Crippen MR) is 120 cm³/mol. The fraction of sp³-hybridized carbons (Fsp3) is 0.227. The Labute approximate surface area is 190 Å². The molecule has 2 aliphatic heterocycles. The number of carbonyl (C=O) groups excluding carboxylic acids is 1. The first-order chi connectivity index (χ1) is 15.8. The molecule has 4 rings (SSSR count). The van der Waals surface area contributed by atoms with Gasteiger partial charge in [-0.05, 0) is 36.4 Å². The van der Waals surface area contributed by atoms with Crippen LogP contribution < -0.4 is 14.8 Å². The lowest BCUT2D eigenvalue weighted by atomic mass is 10.1. The van der Waals surface area contributed by atoms with Crippen molar-refractivity contribution < 1.29 is 27.1 Å². The SMILES string of the molecule is COc1ccc(S(=O)(=O)N2C=C3C=NC(NC(=O)c4ccc(F)cc4)N=C3CC2)cc1OC. The van der Waals surface area contributed by atoms with E-state index in [4.69, 9.17) is 9.47 Å². The smallest absolute Gasteiger partial charge is 0.263 e. The zero-order valence-corrected chi connectivity index (χ0v) is 18.7. The Hall–Kier alpha value is -3.73. The van der Waals surface area contributed by atoms with E-state index in [1.165, 1.54) is 73.4 Å². The second-order valence-corrected chi connectivity index (χ2v) is 9.07. The van der Waals surface area contributed by atoms with Crippen LogP contribution in [0.4, 0.5) is 4.39 Å². The molecule has 1 unspecified atom stereocenters. The molecule has 2 aliphatic rings. The molecule has 0 bridgehead atoms. The van der Waals surface area contributed by atoms with Crippen molar-refractivity contribution in [2.45, 2.75) is 17.6 Å². The monoisotopic (exact) mass is 472 g/mol. The van der Waals surface area contributed by atoms with Crippen LogP contribution in [0.5, 0.6) is 11.5 Å². The predicted octanol–water partition coefficient (Wildman–Crippen LogP) is 2.36. The number of fused-ring (bicyclic) bond motifs is 1. The Morgan fingerprint density at radius 2 is 1.85 bits per heavy atom. The first-order valence-corrected chi connectivity index (χ1v) is 11.4. The van der Waals surface area contributed by atoms with E-state index in [2.05, 4.69) is 15.3 Å². The van der Waals surface area contributed by atoms with Gasteiger partial charge in [0.15, 0.2) is 11.5 Å². The van der Waals surface area contributed by atoms with Gasteiger partial charge in [0, 0.05) is 42.6 Å².